The van der Waals surface area contributed by atoms with Gasteiger partial charge in [-0.15, -0.1) is 0 Å². The van der Waals surface area contributed by atoms with Crippen LogP contribution in [0.15, 0.2) is 60.7 Å². The number of benzene rings is 2. The molecule has 0 heterocycles. The van der Waals surface area contributed by atoms with E-state index in [4.69, 9.17) is 0 Å². The van der Waals surface area contributed by atoms with E-state index in [0.717, 1.165) is 19.3 Å². The van der Waals surface area contributed by atoms with Crippen LogP contribution in [0.4, 0.5) is 0 Å². The highest BCUT2D eigenvalue weighted by Gasteiger charge is 2.31. The first-order valence-corrected chi connectivity index (χ1v) is 8.00. The SMILES string of the molecule is COC(=O)C(C(=O)/C=C/c1cccc(O)c1)C(=O)/C=C/c1cccc(O)c1. The van der Waals surface area contributed by atoms with Crippen LogP contribution in [-0.4, -0.2) is 34.9 Å². The van der Waals surface area contributed by atoms with Gasteiger partial charge in [0, 0.05) is 0 Å². The van der Waals surface area contributed by atoms with Crippen LogP contribution < -0.4 is 0 Å². The van der Waals surface area contributed by atoms with Crippen LogP contribution in [-0.2, 0) is 19.1 Å². The molecule has 0 unspecified atom stereocenters. The lowest BCUT2D eigenvalue weighted by Crippen LogP contribution is -2.30. The topological polar surface area (TPSA) is 101 Å². The number of allylic oxidation sites excluding steroid dienone is 2. The van der Waals surface area contributed by atoms with Crippen molar-refractivity contribution in [2.45, 2.75) is 0 Å². The monoisotopic (exact) mass is 366 g/mol. The van der Waals surface area contributed by atoms with Crippen LogP contribution in [0.2, 0.25) is 0 Å². The Labute approximate surface area is 156 Å². The van der Waals surface area contributed by atoms with Crippen molar-refractivity contribution in [3.05, 3.63) is 71.8 Å². The number of rotatable bonds is 7. The number of phenols is 2. The Bertz CT molecular complexity index is 843. The second-order valence-corrected chi connectivity index (χ2v) is 5.62. The predicted molar refractivity (Wildman–Crippen MR) is 99.8 cm³/mol. The average molecular weight is 366 g/mol. The second-order valence-electron chi connectivity index (χ2n) is 5.62. The summed E-state index contributed by atoms with van der Waals surface area (Å²) in [6.07, 6.45) is 4.97. The van der Waals surface area contributed by atoms with Gasteiger partial charge in [0.2, 0.25) is 0 Å². The largest absolute Gasteiger partial charge is 0.508 e. The van der Waals surface area contributed by atoms with Crippen molar-refractivity contribution in [2.75, 3.05) is 7.11 Å². The van der Waals surface area contributed by atoms with Crippen LogP contribution in [0.5, 0.6) is 11.5 Å². The molecule has 0 saturated heterocycles. The standard InChI is InChI=1S/C21H18O6/c1-27-21(26)20(18(24)10-8-14-4-2-6-16(22)12-14)19(25)11-9-15-5-3-7-17(23)13-15/h2-13,20,22-23H,1H3/b10-8+,11-9+. The first kappa shape index (κ1) is 19.7. The summed E-state index contributed by atoms with van der Waals surface area (Å²) >= 11 is 0. The summed E-state index contributed by atoms with van der Waals surface area (Å²) < 4.78 is 4.57. The van der Waals surface area contributed by atoms with Crippen molar-refractivity contribution in [2.24, 2.45) is 5.92 Å². The number of phenolic OH excluding ortho intramolecular Hbond substituents is 2. The summed E-state index contributed by atoms with van der Waals surface area (Å²) in [5, 5.41) is 18.9. The van der Waals surface area contributed by atoms with Gasteiger partial charge in [-0.05, 0) is 47.5 Å². The van der Waals surface area contributed by atoms with Crippen molar-refractivity contribution < 1.29 is 29.3 Å². The maximum absolute atomic E-state index is 12.4. The third kappa shape index (κ3) is 5.67. The van der Waals surface area contributed by atoms with Gasteiger partial charge in [-0.25, -0.2) is 0 Å². The minimum absolute atomic E-state index is 0.0271. The molecule has 0 spiro atoms. The van der Waals surface area contributed by atoms with Gasteiger partial charge in [0.25, 0.3) is 0 Å². The first-order chi connectivity index (χ1) is 12.9. The van der Waals surface area contributed by atoms with Gasteiger partial charge in [0.15, 0.2) is 17.5 Å². The maximum Gasteiger partial charge on any atom is 0.324 e. The van der Waals surface area contributed by atoms with Gasteiger partial charge in [0.1, 0.15) is 11.5 Å². The van der Waals surface area contributed by atoms with Gasteiger partial charge in [-0.1, -0.05) is 36.4 Å². The van der Waals surface area contributed by atoms with Crippen molar-refractivity contribution in [3.8, 4) is 11.5 Å². The van der Waals surface area contributed by atoms with Crippen LogP contribution in [0.1, 0.15) is 11.1 Å². The van der Waals surface area contributed by atoms with E-state index in [2.05, 4.69) is 4.74 Å². The molecule has 6 nitrogen and oxygen atoms in total. The van der Waals surface area contributed by atoms with Crippen molar-refractivity contribution in [1.82, 2.24) is 0 Å². The maximum atomic E-state index is 12.4. The average Bonchev–Trinajstić information content (AvgIpc) is 2.65. The molecule has 27 heavy (non-hydrogen) atoms. The van der Waals surface area contributed by atoms with Gasteiger partial charge in [-0.2, -0.15) is 0 Å². The number of carbonyl (C=O) groups excluding carboxylic acids is 3. The Kier molecular flexibility index (Phi) is 6.66. The molecule has 0 fully saturated rings. The number of hydrogen-bond donors (Lipinski definition) is 2. The number of ketones is 2. The molecular formula is C21H18O6. The lowest BCUT2D eigenvalue weighted by molar-refractivity contribution is -0.150. The fraction of sp³-hybridized carbons (Fsp3) is 0.0952. The molecule has 0 aromatic heterocycles. The van der Waals surface area contributed by atoms with Crippen LogP contribution in [0.25, 0.3) is 12.2 Å². The normalized spacial score (nSPS) is 11.2. The molecule has 6 heteroatoms. The van der Waals surface area contributed by atoms with Crippen LogP contribution in [0, 0.1) is 5.92 Å². The molecule has 2 rings (SSSR count). The number of hydrogen-bond acceptors (Lipinski definition) is 6. The molecule has 0 bridgehead atoms. The van der Waals surface area contributed by atoms with Crippen LogP contribution in [0.3, 0.4) is 0 Å². The minimum atomic E-state index is -1.63. The summed E-state index contributed by atoms with van der Waals surface area (Å²) in [5.41, 5.74) is 1.07. The smallest absolute Gasteiger partial charge is 0.324 e. The first-order valence-electron chi connectivity index (χ1n) is 8.00. The Morgan fingerprint density at radius 1 is 0.852 bits per heavy atom. The zero-order valence-electron chi connectivity index (χ0n) is 14.5. The molecular weight excluding hydrogens is 348 g/mol. The van der Waals surface area contributed by atoms with Gasteiger partial charge >= 0.3 is 5.97 Å². The molecule has 0 aliphatic rings. The van der Waals surface area contributed by atoms with E-state index in [1.807, 2.05) is 0 Å². The summed E-state index contributed by atoms with van der Waals surface area (Å²) in [6.45, 7) is 0. The number of carbonyl (C=O) groups is 3. The molecule has 0 aliphatic carbocycles. The van der Waals surface area contributed by atoms with Gasteiger partial charge < -0.3 is 14.9 Å². The van der Waals surface area contributed by atoms with E-state index in [1.165, 1.54) is 36.4 Å². The summed E-state index contributed by atoms with van der Waals surface area (Å²) in [6, 6.07) is 12.3. The number of methoxy groups -OCH3 is 1. The fourth-order valence-corrected chi connectivity index (χ4v) is 2.30. The molecule has 0 atom stereocenters. The van der Waals surface area contributed by atoms with E-state index >= 15 is 0 Å². The van der Waals surface area contributed by atoms with Gasteiger partial charge in [-0.3, -0.25) is 14.4 Å². The Morgan fingerprint density at radius 2 is 1.30 bits per heavy atom. The number of esters is 1. The lowest BCUT2D eigenvalue weighted by atomic mass is 9.97. The molecule has 2 aromatic carbocycles. The molecule has 0 amide bonds. The van der Waals surface area contributed by atoms with Gasteiger partial charge in [0.05, 0.1) is 7.11 Å². The van der Waals surface area contributed by atoms with Crippen molar-refractivity contribution in [1.29, 1.82) is 0 Å². The highest BCUT2D eigenvalue weighted by molar-refractivity contribution is 6.24. The Balaban J connectivity index is 2.19. The zero-order valence-corrected chi connectivity index (χ0v) is 14.5. The highest BCUT2D eigenvalue weighted by Crippen LogP contribution is 2.15. The Morgan fingerprint density at radius 3 is 1.67 bits per heavy atom. The molecule has 0 radical (unpaired) electrons. The molecule has 138 valence electrons. The minimum Gasteiger partial charge on any atom is -0.508 e. The Hall–Kier alpha value is -3.67. The van der Waals surface area contributed by atoms with Crippen molar-refractivity contribution in [3.63, 3.8) is 0 Å². The van der Waals surface area contributed by atoms with E-state index in [9.17, 15) is 24.6 Å². The van der Waals surface area contributed by atoms with Crippen LogP contribution >= 0.6 is 0 Å². The summed E-state index contributed by atoms with van der Waals surface area (Å²) in [4.78, 5) is 36.6. The third-order valence-electron chi connectivity index (χ3n) is 3.63. The zero-order chi connectivity index (χ0) is 19.8. The molecule has 0 aliphatic heterocycles. The third-order valence-corrected chi connectivity index (χ3v) is 3.63. The summed E-state index contributed by atoms with van der Waals surface area (Å²) in [5.74, 6) is -4.02. The highest BCUT2D eigenvalue weighted by atomic mass is 16.5. The van der Waals surface area contributed by atoms with E-state index in [0.29, 0.717) is 11.1 Å². The second kappa shape index (κ2) is 9.15. The summed E-state index contributed by atoms with van der Waals surface area (Å²) in [7, 11) is 1.09. The lowest BCUT2D eigenvalue weighted by Gasteiger charge is -2.08. The van der Waals surface area contributed by atoms with E-state index < -0.39 is 23.5 Å². The van der Waals surface area contributed by atoms with Crippen molar-refractivity contribution >= 4 is 29.7 Å². The van der Waals surface area contributed by atoms with E-state index in [-0.39, 0.29) is 11.5 Å². The molecule has 2 N–H and O–H groups in total. The number of aromatic hydroxyl groups is 2. The number of ether oxygens (including phenoxy) is 1. The predicted octanol–water partition coefficient (Wildman–Crippen LogP) is 2.75. The fourth-order valence-electron chi connectivity index (χ4n) is 2.30. The van der Waals surface area contributed by atoms with E-state index in [1.54, 1.807) is 24.3 Å². The quantitative estimate of drug-likeness (QED) is 0.444. The molecule has 2 aromatic rings. The molecule has 0 saturated carbocycles.